The van der Waals surface area contributed by atoms with E-state index in [9.17, 15) is 19.2 Å². The van der Waals surface area contributed by atoms with Crippen molar-refractivity contribution in [1.82, 2.24) is 20.1 Å². The van der Waals surface area contributed by atoms with Crippen molar-refractivity contribution < 1.29 is 38.1 Å². The molecule has 4 rings (SSSR count). The number of hydrogen-bond donors (Lipinski definition) is 2. The second-order valence-electron chi connectivity index (χ2n) is 10.3. The zero-order valence-electron chi connectivity index (χ0n) is 27.7. The Labute approximate surface area is 286 Å². The molecule has 0 aliphatic heterocycles. The molecule has 0 saturated carbocycles. The van der Waals surface area contributed by atoms with Crippen molar-refractivity contribution in [3.8, 4) is 17.2 Å². The Kier molecular flexibility index (Phi) is 12.2. The van der Waals surface area contributed by atoms with Crippen LogP contribution < -0.4 is 20.1 Å². The van der Waals surface area contributed by atoms with Crippen LogP contribution in [0.1, 0.15) is 66.7 Å². The minimum Gasteiger partial charge on any atom is -0.493 e. The molecule has 0 fully saturated rings. The number of esters is 2. The van der Waals surface area contributed by atoms with Crippen LogP contribution in [0.5, 0.6) is 11.5 Å². The Morgan fingerprint density at radius 3 is 2.29 bits per heavy atom. The van der Waals surface area contributed by atoms with Gasteiger partial charge in [0.05, 0.1) is 51.0 Å². The van der Waals surface area contributed by atoms with Gasteiger partial charge in [0.25, 0.3) is 5.91 Å². The van der Waals surface area contributed by atoms with Crippen molar-refractivity contribution in [3.63, 3.8) is 0 Å². The Morgan fingerprint density at radius 1 is 0.896 bits per heavy atom. The summed E-state index contributed by atoms with van der Waals surface area (Å²) in [6.07, 6.45) is 0. The van der Waals surface area contributed by atoms with Crippen molar-refractivity contribution in [2.24, 2.45) is 0 Å². The van der Waals surface area contributed by atoms with Gasteiger partial charge >= 0.3 is 11.9 Å². The number of thioether (sulfide) groups is 1. The van der Waals surface area contributed by atoms with Gasteiger partial charge < -0.3 is 29.6 Å². The standard InChI is InChI=1S/C33H37N5O8S2/c1-8-45-31(41)27-20(5)28(32(42)46-9-2)48-30(27)35-26(39)17-47-33-37-36-25(38(33)22-14-18(3)10-11-19(22)4)16-34-29(40)21-12-13-23(43-6)24(15-21)44-7/h10-15H,8-9,16-17H2,1-7H3,(H,34,40)(H,35,39). The van der Waals surface area contributed by atoms with E-state index in [0.717, 1.165) is 39.9 Å². The number of aryl methyl sites for hydroxylation is 2. The molecule has 0 aliphatic rings. The van der Waals surface area contributed by atoms with Crippen LogP contribution in [0.15, 0.2) is 41.6 Å². The first-order chi connectivity index (χ1) is 23.0. The van der Waals surface area contributed by atoms with Crippen molar-refractivity contribution in [3.05, 3.63) is 74.9 Å². The van der Waals surface area contributed by atoms with Gasteiger partial charge in [-0.2, -0.15) is 0 Å². The number of methoxy groups -OCH3 is 2. The van der Waals surface area contributed by atoms with Crippen LogP contribution in [0.3, 0.4) is 0 Å². The number of thiophene rings is 1. The van der Waals surface area contributed by atoms with E-state index in [-0.39, 0.29) is 46.9 Å². The molecule has 0 aliphatic carbocycles. The van der Waals surface area contributed by atoms with Gasteiger partial charge in [-0.05, 0) is 75.6 Å². The Balaban J connectivity index is 1.58. The molecular weight excluding hydrogens is 659 g/mol. The fourth-order valence-electron chi connectivity index (χ4n) is 4.68. The van der Waals surface area contributed by atoms with E-state index < -0.39 is 17.8 Å². The van der Waals surface area contributed by atoms with Crippen molar-refractivity contribution in [1.29, 1.82) is 0 Å². The van der Waals surface area contributed by atoms with Crippen LogP contribution in [0.2, 0.25) is 0 Å². The van der Waals surface area contributed by atoms with E-state index in [1.165, 1.54) is 14.2 Å². The molecule has 2 aromatic heterocycles. The highest BCUT2D eigenvalue weighted by atomic mass is 32.2. The number of ether oxygens (including phenoxy) is 4. The predicted octanol–water partition coefficient (Wildman–Crippen LogP) is 5.29. The minimum absolute atomic E-state index is 0.0360. The number of nitrogens with zero attached hydrogens (tertiary/aromatic N) is 3. The van der Waals surface area contributed by atoms with Crippen molar-refractivity contribution in [2.75, 3.05) is 38.5 Å². The van der Waals surface area contributed by atoms with E-state index in [0.29, 0.717) is 33.6 Å². The van der Waals surface area contributed by atoms with Gasteiger partial charge in [-0.15, -0.1) is 21.5 Å². The first-order valence-electron chi connectivity index (χ1n) is 14.9. The molecule has 2 N–H and O–H groups in total. The van der Waals surface area contributed by atoms with Crippen LogP contribution >= 0.6 is 23.1 Å². The Hall–Kier alpha value is -4.89. The number of carbonyl (C=O) groups excluding carboxylic acids is 4. The molecule has 48 heavy (non-hydrogen) atoms. The summed E-state index contributed by atoms with van der Waals surface area (Å²) in [6.45, 7) is 9.18. The highest BCUT2D eigenvalue weighted by Crippen LogP contribution is 2.35. The quantitative estimate of drug-likeness (QED) is 0.130. The van der Waals surface area contributed by atoms with Crippen molar-refractivity contribution >= 4 is 51.9 Å². The molecule has 254 valence electrons. The molecule has 13 nitrogen and oxygen atoms in total. The molecule has 0 unspecified atom stereocenters. The average Bonchev–Trinajstić information content (AvgIpc) is 3.63. The summed E-state index contributed by atoms with van der Waals surface area (Å²) in [7, 11) is 3.01. The van der Waals surface area contributed by atoms with Crippen LogP contribution in [0.25, 0.3) is 5.69 Å². The topological polar surface area (TPSA) is 160 Å². The highest BCUT2D eigenvalue weighted by Gasteiger charge is 2.28. The third-order valence-corrected chi connectivity index (χ3v) is 9.15. The van der Waals surface area contributed by atoms with Crippen molar-refractivity contribution in [2.45, 2.75) is 46.3 Å². The van der Waals surface area contributed by atoms with Crippen LogP contribution in [-0.2, 0) is 20.8 Å². The van der Waals surface area contributed by atoms with Crippen LogP contribution in [0.4, 0.5) is 5.00 Å². The lowest BCUT2D eigenvalue weighted by Gasteiger charge is -2.14. The molecule has 0 saturated heterocycles. The number of nitrogens with one attached hydrogen (secondary N) is 2. The predicted molar refractivity (Wildman–Crippen MR) is 182 cm³/mol. The summed E-state index contributed by atoms with van der Waals surface area (Å²) < 4.78 is 22.7. The number of anilines is 1. The van der Waals surface area contributed by atoms with E-state index in [1.54, 1.807) is 43.5 Å². The molecule has 0 atom stereocenters. The summed E-state index contributed by atoms with van der Waals surface area (Å²) in [5, 5.41) is 14.9. The maximum Gasteiger partial charge on any atom is 0.348 e. The lowest BCUT2D eigenvalue weighted by Crippen LogP contribution is -2.25. The molecule has 15 heteroatoms. The zero-order valence-corrected chi connectivity index (χ0v) is 29.3. The zero-order chi connectivity index (χ0) is 35.0. The van der Waals surface area contributed by atoms with E-state index in [2.05, 4.69) is 20.8 Å². The highest BCUT2D eigenvalue weighted by molar-refractivity contribution is 7.99. The maximum atomic E-state index is 13.3. The number of carbonyl (C=O) groups is 4. The fourth-order valence-corrected chi connectivity index (χ4v) is 6.55. The van der Waals surface area contributed by atoms with Crippen LogP contribution in [0, 0.1) is 20.8 Å². The van der Waals surface area contributed by atoms with Crippen LogP contribution in [-0.4, -0.2) is 71.7 Å². The summed E-state index contributed by atoms with van der Waals surface area (Å²) in [6, 6.07) is 10.8. The second-order valence-corrected chi connectivity index (χ2v) is 12.3. The van der Waals surface area contributed by atoms with Gasteiger partial charge in [-0.3, -0.25) is 14.2 Å². The molecule has 0 radical (unpaired) electrons. The molecule has 2 aromatic carbocycles. The van der Waals surface area contributed by atoms with Gasteiger partial charge in [0.2, 0.25) is 5.91 Å². The normalized spacial score (nSPS) is 10.7. The lowest BCUT2D eigenvalue weighted by atomic mass is 10.1. The maximum absolute atomic E-state index is 13.3. The SMILES string of the molecule is CCOC(=O)c1sc(NC(=O)CSc2nnc(CNC(=O)c3ccc(OC)c(OC)c3)n2-c2cc(C)ccc2C)c(C(=O)OCC)c1C. The molecule has 2 heterocycles. The van der Waals surface area contributed by atoms with Gasteiger partial charge in [0.15, 0.2) is 22.5 Å². The first-order valence-corrected chi connectivity index (χ1v) is 16.7. The third-order valence-electron chi connectivity index (χ3n) is 7.03. The lowest BCUT2D eigenvalue weighted by molar-refractivity contribution is -0.113. The minimum atomic E-state index is -0.654. The second kappa shape index (κ2) is 16.3. The number of hydrogen-bond acceptors (Lipinski definition) is 12. The van der Waals surface area contributed by atoms with Gasteiger partial charge in [0.1, 0.15) is 9.88 Å². The van der Waals surface area contributed by atoms with E-state index in [1.807, 2.05) is 32.0 Å². The number of benzene rings is 2. The molecular formula is C33H37N5O8S2. The smallest absolute Gasteiger partial charge is 0.348 e. The number of aromatic nitrogens is 3. The summed E-state index contributed by atoms with van der Waals surface area (Å²) in [4.78, 5) is 51.9. The van der Waals surface area contributed by atoms with E-state index in [4.69, 9.17) is 18.9 Å². The first kappa shape index (κ1) is 36.0. The Bertz CT molecular complexity index is 1830. The van der Waals surface area contributed by atoms with Gasteiger partial charge in [0, 0.05) is 5.56 Å². The number of amides is 2. The third kappa shape index (κ3) is 8.15. The molecule has 4 aromatic rings. The Morgan fingerprint density at radius 2 is 1.60 bits per heavy atom. The molecule has 0 bridgehead atoms. The monoisotopic (exact) mass is 695 g/mol. The summed E-state index contributed by atoms with van der Waals surface area (Å²) in [5.74, 6) is -0.781. The fraction of sp³-hybridized carbons (Fsp3) is 0.333. The van der Waals surface area contributed by atoms with E-state index >= 15 is 0 Å². The van der Waals surface area contributed by atoms with Gasteiger partial charge in [-0.25, -0.2) is 9.59 Å². The summed E-state index contributed by atoms with van der Waals surface area (Å²) >= 11 is 2.08. The summed E-state index contributed by atoms with van der Waals surface area (Å²) in [5.41, 5.74) is 3.56. The van der Waals surface area contributed by atoms with Gasteiger partial charge in [-0.1, -0.05) is 23.9 Å². The number of rotatable bonds is 14. The average molecular weight is 696 g/mol. The molecule has 2 amide bonds. The largest absolute Gasteiger partial charge is 0.493 e. The molecule has 0 spiro atoms.